The van der Waals surface area contributed by atoms with Crippen LogP contribution in [0.1, 0.15) is 5.56 Å². The van der Waals surface area contributed by atoms with Crippen LogP contribution >= 0.6 is 12.2 Å². The molecule has 0 saturated carbocycles. The number of aromatic hydroxyl groups is 1. The minimum atomic E-state index is -0.0417. The third-order valence-corrected chi connectivity index (χ3v) is 1.55. The summed E-state index contributed by atoms with van der Waals surface area (Å²) in [5.41, 5.74) is 11.4. The third-order valence-electron chi connectivity index (χ3n) is 1.33. The molecule has 0 aromatic heterocycles. The zero-order valence-corrected chi connectivity index (χ0v) is 6.56. The molecule has 5 N–H and O–H groups in total. The van der Waals surface area contributed by atoms with E-state index in [4.69, 9.17) is 11.5 Å². The minimum absolute atomic E-state index is 0.0417. The maximum atomic E-state index is 9.28. The van der Waals surface area contributed by atoms with Crippen LogP contribution in [0.2, 0.25) is 0 Å². The van der Waals surface area contributed by atoms with Gasteiger partial charge in [0.1, 0.15) is 10.7 Å². The average molecular weight is 168 g/mol. The predicted octanol–water partition coefficient (Wildman–Crippen LogP) is 0.609. The lowest BCUT2D eigenvalue weighted by Gasteiger charge is -2.03. The van der Waals surface area contributed by atoms with E-state index >= 15 is 0 Å². The lowest BCUT2D eigenvalue weighted by molar-refractivity contribution is 0.477. The summed E-state index contributed by atoms with van der Waals surface area (Å²) >= 11 is 4.67. The molecule has 0 bridgehead atoms. The summed E-state index contributed by atoms with van der Waals surface area (Å²) in [6, 6.07) is 4.88. The fourth-order valence-corrected chi connectivity index (χ4v) is 0.925. The highest BCUT2D eigenvalue weighted by molar-refractivity contribution is 7.80. The Bertz CT molecular complexity index is 298. The number of phenols is 1. The topological polar surface area (TPSA) is 72.3 Å². The van der Waals surface area contributed by atoms with Gasteiger partial charge in [-0.3, -0.25) is 0 Å². The standard InChI is InChI=1S/C7H8N2OS/c8-5-3-1-2-4(6(5)10)7(9)11/h1-3,10H,8H2,(H2,9,11). The van der Waals surface area contributed by atoms with Gasteiger partial charge in [-0.25, -0.2) is 0 Å². The molecule has 1 aromatic rings. The summed E-state index contributed by atoms with van der Waals surface area (Å²) in [6.07, 6.45) is 0. The number of benzene rings is 1. The summed E-state index contributed by atoms with van der Waals surface area (Å²) < 4.78 is 0. The Kier molecular flexibility index (Phi) is 1.96. The molecular formula is C7H8N2OS. The molecule has 0 radical (unpaired) electrons. The summed E-state index contributed by atoms with van der Waals surface area (Å²) in [7, 11) is 0. The van der Waals surface area contributed by atoms with E-state index in [1.54, 1.807) is 18.2 Å². The summed E-state index contributed by atoms with van der Waals surface area (Å²) in [5, 5.41) is 9.28. The Morgan fingerprint density at radius 2 is 2.09 bits per heavy atom. The van der Waals surface area contributed by atoms with Crippen LogP contribution in [0.15, 0.2) is 18.2 Å². The van der Waals surface area contributed by atoms with Crippen molar-refractivity contribution < 1.29 is 5.11 Å². The van der Waals surface area contributed by atoms with Crippen LogP contribution in [0.5, 0.6) is 5.75 Å². The second kappa shape index (κ2) is 2.75. The molecule has 58 valence electrons. The smallest absolute Gasteiger partial charge is 0.148 e. The zero-order valence-electron chi connectivity index (χ0n) is 5.74. The van der Waals surface area contributed by atoms with Gasteiger partial charge in [0, 0.05) is 0 Å². The molecule has 0 saturated heterocycles. The first kappa shape index (κ1) is 7.81. The SMILES string of the molecule is NC(=S)c1cccc(N)c1O. The maximum absolute atomic E-state index is 9.28. The number of hydrogen-bond donors (Lipinski definition) is 3. The maximum Gasteiger partial charge on any atom is 0.148 e. The van der Waals surface area contributed by atoms with E-state index in [9.17, 15) is 5.11 Å². The molecule has 0 spiro atoms. The number of thiocarbonyl (C=S) groups is 1. The van der Waals surface area contributed by atoms with Crippen molar-refractivity contribution in [3.63, 3.8) is 0 Å². The number of para-hydroxylation sites is 1. The number of hydrogen-bond acceptors (Lipinski definition) is 3. The predicted molar refractivity (Wildman–Crippen MR) is 48.4 cm³/mol. The summed E-state index contributed by atoms with van der Waals surface area (Å²) in [5.74, 6) is -0.0417. The van der Waals surface area contributed by atoms with Gasteiger partial charge in [0.05, 0.1) is 11.3 Å². The van der Waals surface area contributed by atoms with Gasteiger partial charge in [0.15, 0.2) is 0 Å². The highest BCUT2D eigenvalue weighted by Gasteiger charge is 2.04. The van der Waals surface area contributed by atoms with Crippen LogP contribution in [0, 0.1) is 0 Å². The van der Waals surface area contributed by atoms with Crippen molar-refractivity contribution in [1.82, 2.24) is 0 Å². The lowest BCUT2D eigenvalue weighted by Crippen LogP contribution is -2.09. The molecule has 0 aliphatic heterocycles. The Labute approximate surface area is 69.6 Å². The van der Waals surface area contributed by atoms with E-state index in [0.29, 0.717) is 5.56 Å². The number of nitrogens with two attached hydrogens (primary N) is 2. The zero-order chi connectivity index (χ0) is 8.43. The minimum Gasteiger partial charge on any atom is -0.505 e. The van der Waals surface area contributed by atoms with E-state index in [1.807, 2.05) is 0 Å². The highest BCUT2D eigenvalue weighted by atomic mass is 32.1. The van der Waals surface area contributed by atoms with Crippen molar-refractivity contribution >= 4 is 22.9 Å². The summed E-state index contributed by atoms with van der Waals surface area (Å²) in [6.45, 7) is 0. The molecule has 0 amide bonds. The van der Waals surface area contributed by atoms with Gasteiger partial charge in [-0.2, -0.15) is 0 Å². The van der Waals surface area contributed by atoms with E-state index in [-0.39, 0.29) is 16.4 Å². The van der Waals surface area contributed by atoms with Gasteiger partial charge >= 0.3 is 0 Å². The Hall–Kier alpha value is -1.29. The molecule has 11 heavy (non-hydrogen) atoms. The van der Waals surface area contributed by atoms with Crippen LogP contribution in [0.25, 0.3) is 0 Å². The second-order valence-corrected chi connectivity index (χ2v) is 2.55. The first-order chi connectivity index (χ1) is 5.13. The van der Waals surface area contributed by atoms with Crippen LogP contribution in [0.3, 0.4) is 0 Å². The van der Waals surface area contributed by atoms with Crippen molar-refractivity contribution in [3.8, 4) is 5.75 Å². The number of phenolic OH excluding ortho intramolecular Hbond substituents is 1. The van der Waals surface area contributed by atoms with Gasteiger partial charge in [0.2, 0.25) is 0 Å². The fourth-order valence-electron chi connectivity index (χ4n) is 0.760. The van der Waals surface area contributed by atoms with Crippen molar-refractivity contribution in [2.75, 3.05) is 5.73 Å². The number of anilines is 1. The van der Waals surface area contributed by atoms with Crippen LogP contribution in [-0.2, 0) is 0 Å². The van der Waals surface area contributed by atoms with E-state index in [2.05, 4.69) is 12.2 Å². The number of nitrogen functional groups attached to an aromatic ring is 1. The number of rotatable bonds is 1. The second-order valence-electron chi connectivity index (χ2n) is 2.11. The molecule has 3 nitrogen and oxygen atoms in total. The molecule has 1 rings (SSSR count). The molecule has 0 aliphatic rings. The van der Waals surface area contributed by atoms with Crippen molar-refractivity contribution in [2.45, 2.75) is 0 Å². The average Bonchev–Trinajstić information content (AvgIpc) is 1.94. The molecule has 1 aromatic carbocycles. The lowest BCUT2D eigenvalue weighted by atomic mass is 10.2. The largest absolute Gasteiger partial charge is 0.505 e. The van der Waals surface area contributed by atoms with Gasteiger partial charge in [0.25, 0.3) is 0 Å². The monoisotopic (exact) mass is 168 g/mol. The third kappa shape index (κ3) is 1.40. The Morgan fingerprint density at radius 3 is 2.55 bits per heavy atom. The molecule has 4 heteroatoms. The van der Waals surface area contributed by atoms with Gasteiger partial charge in [-0.05, 0) is 12.1 Å². The molecule has 0 heterocycles. The quantitative estimate of drug-likeness (QED) is 0.326. The van der Waals surface area contributed by atoms with Crippen LogP contribution in [0.4, 0.5) is 5.69 Å². The molecule has 0 unspecified atom stereocenters. The van der Waals surface area contributed by atoms with Gasteiger partial charge in [-0.15, -0.1) is 0 Å². The summed E-state index contributed by atoms with van der Waals surface area (Å²) in [4.78, 5) is 0.148. The molecule has 0 fully saturated rings. The van der Waals surface area contributed by atoms with Crippen LogP contribution < -0.4 is 11.5 Å². The van der Waals surface area contributed by atoms with Crippen LogP contribution in [-0.4, -0.2) is 10.1 Å². The van der Waals surface area contributed by atoms with E-state index in [1.165, 1.54) is 0 Å². The van der Waals surface area contributed by atoms with Crippen molar-refractivity contribution in [3.05, 3.63) is 23.8 Å². The molecular weight excluding hydrogens is 160 g/mol. The van der Waals surface area contributed by atoms with E-state index in [0.717, 1.165) is 0 Å². The normalized spacial score (nSPS) is 9.45. The molecule has 0 atom stereocenters. The Balaban J connectivity index is 3.27. The van der Waals surface area contributed by atoms with Crippen molar-refractivity contribution in [1.29, 1.82) is 0 Å². The van der Waals surface area contributed by atoms with Crippen molar-refractivity contribution in [2.24, 2.45) is 5.73 Å². The van der Waals surface area contributed by atoms with Gasteiger partial charge in [-0.1, -0.05) is 18.3 Å². The Morgan fingerprint density at radius 1 is 1.45 bits per heavy atom. The first-order valence-electron chi connectivity index (χ1n) is 3.00. The highest BCUT2D eigenvalue weighted by Crippen LogP contribution is 2.23. The van der Waals surface area contributed by atoms with Gasteiger partial charge < -0.3 is 16.6 Å². The first-order valence-corrected chi connectivity index (χ1v) is 3.41. The fraction of sp³-hybridized carbons (Fsp3) is 0. The molecule has 0 aliphatic carbocycles. The van der Waals surface area contributed by atoms with E-state index < -0.39 is 0 Å².